The predicted molar refractivity (Wildman–Crippen MR) is 63.6 cm³/mol. The molecule has 1 fully saturated rings. The Morgan fingerprint density at radius 1 is 1.41 bits per heavy atom. The fraction of sp³-hybridized carbons (Fsp3) is 0.636. The van der Waals surface area contributed by atoms with Crippen LogP contribution in [-0.4, -0.2) is 41.4 Å². The maximum Gasteiger partial charge on any atom is 0.259 e. The van der Waals surface area contributed by atoms with Gasteiger partial charge in [0.2, 0.25) is 11.8 Å². The Morgan fingerprint density at radius 3 is 2.59 bits per heavy atom. The largest absolute Gasteiger partial charge is 0.493 e. The van der Waals surface area contributed by atoms with Crippen LogP contribution < -0.4 is 10.5 Å². The topological polar surface area (TPSA) is 78.5 Å². The van der Waals surface area contributed by atoms with Crippen molar-refractivity contribution in [1.29, 1.82) is 0 Å². The molecule has 2 rings (SSSR count). The lowest BCUT2D eigenvalue weighted by molar-refractivity contribution is 0.122. The van der Waals surface area contributed by atoms with Gasteiger partial charge >= 0.3 is 0 Å². The smallest absolute Gasteiger partial charge is 0.259 e. The molecule has 0 aliphatic carbocycles. The number of nitrogens with one attached hydrogen (secondary N) is 1. The molecule has 0 unspecified atom stereocenters. The highest BCUT2D eigenvalue weighted by Crippen LogP contribution is 2.21. The molecule has 17 heavy (non-hydrogen) atoms. The van der Waals surface area contributed by atoms with E-state index in [2.05, 4.69) is 9.97 Å². The van der Waals surface area contributed by atoms with Gasteiger partial charge in [0.25, 0.3) is 5.56 Å². The standard InChI is InChI=1S/C11H17N3O3/c1-7(2)8-9(15)12-11(13-10(8)16)14-3-5-17-6-4-14/h7H,3-6H2,1-2H3,(H2,12,13,15,16). The van der Waals surface area contributed by atoms with Crippen LogP contribution in [0.2, 0.25) is 0 Å². The first-order valence-corrected chi connectivity index (χ1v) is 5.75. The van der Waals surface area contributed by atoms with E-state index in [1.165, 1.54) is 0 Å². The van der Waals surface area contributed by atoms with Crippen molar-refractivity contribution in [2.75, 3.05) is 31.2 Å². The van der Waals surface area contributed by atoms with Crippen LogP contribution in [0, 0.1) is 0 Å². The number of aromatic nitrogens is 2. The number of aromatic amines is 1. The average Bonchev–Trinajstić information content (AvgIpc) is 2.28. The van der Waals surface area contributed by atoms with Crippen molar-refractivity contribution in [3.8, 4) is 5.88 Å². The third kappa shape index (κ3) is 2.41. The van der Waals surface area contributed by atoms with Gasteiger partial charge in [-0.2, -0.15) is 4.98 Å². The number of nitrogens with zero attached hydrogens (tertiary/aromatic N) is 2. The third-order valence-electron chi connectivity index (χ3n) is 2.81. The van der Waals surface area contributed by atoms with E-state index in [-0.39, 0.29) is 17.4 Å². The van der Waals surface area contributed by atoms with Gasteiger partial charge in [-0.25, -0.2) is 0 Å². The fourth-order valence-electron chi connectivity index (χ4n) is 1.90. The number of ether oxygens (including phenoxy) is 1. The first-order chi connectivity index (χ1) is 8.09. The zero-order valence-electron chi connectivity index (χ0n) is 10.1. The van der Waals surface area contributed by atoms with E-state index in [1.54, 1.807) is 0 Å². The van der Waals surface area contributed by atoms with Crippen molar-refractivity contribution in [2.24, 2.45) is 0 Å². The minimum Gasteiger partial charge on any atom is -0.493 e. The summed E-state index contributed by atoms with van der Waals surface area (Å²) >= 11 is 0. The Bertz CT molecular complexity index is 450. The number of aromatic hydroxyl groups is 1. The predicted octanol–water partition coefficient (Wildman–Crippen LogP) is 0.436. The molecular formula is C11H17N3O3. The van der Waals surface area contributed by atoms with Gasteiger partial charge in [-0.3, -0.25) is 9.78 Å². The van der Waals surface area contributed by atoms with Gasteiger partial charge in [0.15, 0.2) is 0 Å². The minimum absolute atomic E-state index is 0.0509. The first kappa shape index (κ1) is 11.9. The molecule has 6 heteroatoms. The Kier molecular flexibility index (Phi) is 3.33. The van der Waals surface area contributed by atoms with Crippen LogP contribution in [-0.2, 0) is 4.74 Å². The van der Waals surface area contributed by atoms with E-state index in [1.807, 2.05) is 18.7 Å². The van der Waals surface area contributed by atoms with Crippen LogP contribution in [0.3, 0.4) is 0 Å². The van der Waals surface area contributed by atoms with Crippen LogP contribution in [0.5, 0.6) is 5.88 Å². The zero-order valence-corrected chi connectivity index (χ0v) is 10.1. The summed E-state index contributed by atoms with van der Waals surface area (Å²) in [5.41, 5.74) is 0.0657. The molecule has 0 aromatic carbocycles. The van der Waals surface area contributed by atoms with Gasteiger partial charge in [0.05, 0.1) is 18.8 Å². The van der Waals surface area contributed by atoms with Crippen molar-refractivity contribution in [2.45, 2.75) is 19.8 Å². The average molecular weight is 239 g/mol. The molecule has 94 valence electrons. The van der Waals surface area contributed by atoms with Crippen molar-refractivity contribution < 1.29 is 9.84 Å². The maximum absolute atomic E-state index is 11.8. The SMILES string of the molecule is CC(C)c1c(O)nc(N2CCOCC2)[nH]c1=O. The fourth-order valence-corrected chi connectivity index (χ4v) is 1.90. The Hall–Kier alpha value is -1.56. The Labute approximate surface area is 99.2 Å². The summed E-state index contributed by atoms with van der Waals surface area (Å²) in [7, 11) is 0. The monoisotopic (exact) mass is 239 g/mol. The van der Waals surface area contributed by atoms with Crippen LogP contribution in [0.15, 0.2) is 4.79 Å². The first-order valence-electron chi connectivity index (χ1n) is 5.75. The van der Waals surface area contributed by atoms with E-state index in [0.29, 0.717) is 37.8 Å². The quantitative estimate of drug-likeness (QED) is 0.782. The molecule has 1 aliphatic rings. The second-order valence-corrected chi connectivity index (χ2v) is 4.38. The zero-order chi connectivity index (χ0) is 12.4. The molecule has 0 atom stereocenters. The van der Waals surface area contributed by atoms with Crippen molar-refractivity contribution in [1.82, 2.24) is 9.97 Å². The molecule has 0 bridgehead atoms. The Balaban J connectivity index is 2.34. The van der Waals surface area contributed by atoms with E-state index in [4.69, 9.17) is 4.74 Å². The van der Waals surface area contributed by atoms with Gasteiger partial charge in [0, 0.05) is 13.1 Å². The minimum atomic E-state index is -0.269. The number of rotatable bonds is 2. The number of hydrogen-bond acceptors (Lipinski definition) is 5. The lowest BCUT2D eigenvalue weighted by Crippen LogP contribution is -2.38. The highest BCUT2D eigenvalue weighted by atomic mass is 16.5. The third-order valence-corrected chi connectivity index (χ3v) is 2.81. The highest BCUT2D eigenvalue weighted by Gasteiger charge is 2.18. The number of hydrogen-bond donors (Lipinski definition) is 2. The molecule has 0 radical (unpaired) electrons. The summed E-state index contributed by atoms with van der Waals surface area (Å²) in [5, 5.41) is 9.78. The normalized spacial score (nSPS) is 16.5. The summed E-state index contributed by atoms with van der Waals surface area (Å²) < 4.78 is 5.22. The molecule has 1 saturated heterocycles. The van der Waals surface area contributed by atoms with E-state index in [9.17, 15) is 9.90 Å². The molecule has 2 heterocycles. The van der Waals surface area contributed by atoms with E-state index < -0.39 is 0 Å². The van der Waals surface area contributed by atoms with Gasteiger partial charge in [0.1, 0.15) is 0 Å². The molecular weight excluding hydrogens is 222 g/mol. The molecule has 0 amide bonds. The molecule has 0 spiro atoms. The van der Waals surface area contributed by atoms with E-state index in [0.717, 1.165) is 0 Å². The number of H-pyrrole nitrogens is 1. The Morgan fingerprint density at radius 2 is 2.06 bits per heavy atom. The second-order valence-electron chi connectivity index (χ2n) is 4.38. The van der Waals surface area contributed by atoms with Gasteiger partial charge in [-0.05, 0) is 5.92 Å². The highest BCUT2D eigenvalue weighted by molar-refractivity contribution is 5.37. The molecule has 2 N–H and O–H groups in total. The van der Waals surface area contributed by atoms with Crippen molar-refractivity contribution in [3.05, 3.63) is 15.9 Å². The van der Waals surface area contributed by atoms with Crippen LogP contribution >= 0.6 is 0 Å². The summed E-state index contributed by atoms with van der Waals surface area (Å²) in [6.45, 7) is 6.25. The van der Waals surface area contributed by atoms with Crippen LogP contribution in [0.4, 0.5) is 5.95 Å². The van der Waals surface area contributed by atoms with Crippen LogP contribution in [0.25, 0.3) is 0 Å². The maximum atomic E-state index is 11.8. The molecule has 0 saturated carbocycles. The van der Waals surface area contributed by atoms with Gasteiger partial charge in [-0.15, -0.1) is 0 Å². The van der Waals surface area contributed by atoms with Gasteiger partial charge in [-0.1, -0.05) is 13.8 Å². The number of anilines is 1. The van der Waals surface area contributed by atoms with E-state index >= 15 is 0 Å². The van der Waals surface area contributed by atoms with Gasteiger partial charge < -0.3 is 14.7 Å². The summed E-state index contributed by atoms with van der Waals surface area (Å²) in [5.74, 6) is 0.190. The molecule has 1 aromatic heterocycles. The molecule has 1 aliphatic heterocycles. The van der Waals surface area contributed by atoms with Crippen molar-refractivity contribution >= 4 is 5.95 Å². The number of morpholine rings is 1. The lowest BCUT2D eigenvalue weighted by Gasteiger charge is -2.27. The second kappa shape index (κ2) is 4.75. The van der Waals surface area contributed by atoms with Crippen molar-refractivity contribution in [3.63, 3.8) is 0 Å². The van der Waals surface area contributed by atoms with Crippen LogP contribution in [0.1, 0.15) is 25.3 Å². The summed E-state index contributed by atoms with van der Waals surface area (Å²) in [6.07, 6.45) is 0. The molecule has 6 nitrogen and oxygen atoms in total. The summed E-state index contributed by atoms with van der Waals surface area (Å²) in [6, 6.07) is 0. The summed E-state index contributed by atoms with van der Waals surface area (Å²) in [4.78, 5) is 20.5. The lowest BCUT2D eigenvalue weighted by atomic mass is 10.1. The molecule has 1 aromatic rings.